The van der Waals surface area contributed by atoms with Crippen LogP contribution < -0.4 is 5.32 Å². The van der Waals surface area contributed by atoms with Crippen molar-refractivity contribution in [3.05, 3.63) is 51.7 Å². The molecule has 0 fully saturated rings. The number of aromatic nitrogens is 1. The van der Waals surface area contributed by atoms with Gasteiger partial charge in [-0.3, -0.25) is 4.79 Å². The third-order valence-electron chi connectivity index (χ3n) is 4.83. The van der Waals surface area contributed by atoms with E-state index >= 15 is 0 Å². The average molecular weight is 400 g/mol. The number of carbonyl (C=O) groups excluding carboxylic acids is 1. The molecule has 1 N–H and O–H groups in total. The summed E-state index contributed by atoms with van der Waals surface area (Å²) in [5.74, 6) is -0.101. The summed E-state index contributed by atoms with van der Waals surface area (Å²) in [5, 5.41) is 13.4. The molecule has 1 aromatic heterocycles. The zero-order valence-corrected chi connectivity index (χ0v) is 17.1. The van der Waals surface area contributed by atoms with Gasteiger partial charge < -0.3 is 5.32 Å². The summed E-state index contributed by atoms with van der Waals surface area (Å²) in [6.07, 6.45) is 4.83. The molecule has 3 rings (SSSR count). The molecule has 1 aromatic carbocycles. The van der Waals surface area contributed by atoms with Crippen molar-refractivity contribution in [2.45, 2.75) is 56.2 Å². The second-order valence-electron chi connectivity index (χ2n) is 6.68. The molecule has 1 amide bonds. The summed E-state index contributed by atoms with van der Waals surface area (Å²) in [6.45, 7) is 3.84. The minimum Gasteiger partial charge on any atom is -0.325 e. The quantitative estimate of drug-likeness (QED) is 0.692. The first-order valence-electron chi connectivity index (χ1n) is 9.19. The van der Waals surface area contributed by atoms with Gasteiger partial charge in [-0.1, -0.05) is 36.4 Å². The van der Waals surface area contributed by atoms with Crippen molar-refractivity contribution in [2.24, 2.45) is 0 Å². The smallest absolute Gasteiger partial charge is 0.237 e. The first kappa shape index (κ1) is 19.7. The van der Waals surface area contributed by atoms with Gasteiger partial charge >= 0.3 is 0 Å². The Hall–Kier alpha value is -2.03. The van der Waals surface area contributed by atoms with E-state index in [1.807, 2.05) is 32.0 Å². The molecule has 0 radical (unpaired) electrons. The summed E-state index contributed by atoms with van der Waals surface area (Å²) >= 11 is 7.52. The summed E-state index contributed by atoms with van der Waals surface area (Å²) in [5.41, 5.74) is 4.37. The zero-order valence-electron chi connectivity index (χ0n) is 15.5. The Morgan fingerprint density at radius 2 is 2.19 bits per heavy atom. The summed E-state index contributed by atoms with van der Waals surface area (Å²) < 4.78 is 0. The average Bonchev–Trinajstić information content (AvgIpc) is 2.68. The van der Waals surface area contributed by atoms with Crippen molar-refractivity contribution in [1.82, 2.24) is 4.98 Å². The van der Waals surface area contributed by atoms with Crippen LogP contribution in [0, 0.1) is 18.3 Å². The second-order valence-corrected chi connectivity index (χ2v) is 8.28. The van der Waals surface area contributed by atoms with Gasteiger partial charge in [0.15, 0.2) is 0 Å². The zero-order chi connectivity index (χ0) is 19.4. The fraction of sp³-hybridized carbons (Fsp3) is 0.381. The Kier molecular flexibility index (Phi) is 6.41. The highest BCUT2D eigenvalue weighted by atomic mass is 35.5. The van der Waals surface area contributed by atoms with Crippen LogP contribution in [-0.4, -0.2) is 16.1 Å². The summed E-state index contributed by atoms with van der Waals surface area (Å²) in [4.78, 5) is 17.5. The van der Waals surface area contributed by atoms with E-state index in [0.717, 1.165) is 36.9 Å². The van der Waals surface area contributed by atoms with Gasteiger partial charge in [0.2, 0.25) is 5.91 Å². The minimum atomic E-state index is -0.329. The SMILES string of the molecule is CCC(Sc1nc2c(cc1C#N)CCCC2)C(=O)Nc1cccc(Cl)c1C. The number of hydrogen-bond donors (Lipinski definition) is 1. The number of hydrogen-bond acceptors (Lipinski definition) is 4. The maximum atomic E-state index is 12.8. The van der Waals surface area contributed by atoms with Gasteiger partial charge in [-0.15, -0.1) is 0 Å². The van der Waals surface area contributed by atoms with Crippen molar-refractivity contribution in [3.63, 3.8) is 0 Å². The number of thioether (sulfide) groups is 1. The van der Waals surface area contributed by atoms with E-state index in [1.54, 1.807) is 6.07 Å². The van der Waals surface area contributed by atoms with Crippen LogP contribution in [0.15, 0.2) is 29.3 Å². The van der Waals surface area contributed by atoms with Crippen molar-refractivity contribution in [2.75, 3.05) is 5.32 Å². The monoisotopic (exact) mass is 399 g/mol. The van der Waals surface area contributed by atoms with Crippen molar-refractivity contribution < 1.29 is 4.79 Å². The number of amides is 1. The van der Waals surface area contributed by atoms with E-state index < -0.39 is 0 Å². The van der Waals surface area contributed by atoms with Gasteiger partial charge in [-0.05, 0) is 68.4 Å². The number of nitrogens with one attached hydrogen (secondary N) is 1. The van der Waals surface area contributed by atoms with Gasteiger partial charge in [0.1, 0.15) is 11.1 Å². The van der Waals surface area contributed by atoms with Gasteiger partial charge in [0.25, 0.3) is 0 Å². The molecule has 0 saturated heterocycles. The third kappa shape index (κ3) is 4.45. The largest absolute Gasteiger partial charge is 0.325 e. The fourth-order valence-corrected chi connectivity index (χ4v) is 4.37. The molecule has 0 spiro atoms. The van der Waals surface area contributed by atoms with Crippen molar-refractivity contribution in [3.8, 4) is 6.07 Å². The lowest BCUT2D eigenvalue weighted by Crippen LogP contribution is -2.25. The Labute approximate surface area is 169 Å². The van der Waals surface area contributed by atoms with Crippen LogP contribution in [0.1, 0.15) is 48.6 Å². The minimum absolute atomic E-state index is 0.101. The molecule has 0 saturated carbocycles. The molecule has 27 heavy (non-hydrogen) atoms. The molecule has 1 heterocycles. The van der Waals surface area contributed by atoms with E-state index in [2.05, 4.69) is 11.4 Å². The number of fused-ring (bicyclic) bond motifs is 1. The lowest BCUT2D eigenvalue weighted by molar-refractivity contribution is -0.115. The number of halogens is 1. The predicted octanol–water partition coefficient (Wildman–Crippen LogP) is 5.30. The predicted molar refractivity (Wildman–Crippen MR) is 110 cm³/mol. The molecule has 6 heteroatoms. The molecule has 2 aromatic rings. The molecule has 4 nitrogen and oxygen atoms in total. The molecular weight excluding hydrogens is 378 g/mol. The highest BCUT2D eigenvalue weighted by Crippen LogP contribution is 2.32. The number of rotatable bonds is 5. The van der Waals surface area contributed by atoms with Crippen LogP contribution in [0.4, 0.5) is 5.69 Å². The number of anilines is 1. The number of nitrogens with zero attached hydrogens (tertiary/aromatic N) is 2. The van der Waals surface area contributed by atoms with Crippen molar-refractivity contribution >= 4 is 35.0 Å². The number of benzene rings is 1. The number of carbonyl (C=O) groups is 1. The number of pyridine rings is 1. The molecule has 0 bridgehead atoms. The number of nitriles is 1. The second kappa shape index (κ2) is 8.77. The van der Waals surface area contributed by atoms with Gasteiger partial charge in [0.05, 0.1) is 10.8 Å². The molecule has 140 valence electrons. The Morgan fingerprint density at radius 3 is 2.93 bits per heavy atom. The Morgan fingerprint density at radius 1 is 1.41 bits per heavy atom. The Balaban J connectivity index is 1.81. The standard InChI is InChI=1S/C21H22ClN3OS/c1-3-19(20(26)24-17-10-6-8-16(22)13(17)2)27-21-15(12-23)11-14-7-4-5-9-18(14)25-21/h6,8,10-11,19H,3-5,7,9H2,1-2H3,(H,24,26). The molecule has 0 aliphatic heterocycles. The van der Waals surface area contributed by atoms with Crippen LogP contribution >= 0.6 is 23.4 Å². The first-order valence-corrected chi connectivity index (χ1v) is 10.4. The van der Waals surface area contributed by atoms with E-state index in [0.29, 0.717) is 27.7 Å². The lowest BCUT2D eigenvalue weighted by Gasteiger charge is -2.19. The molecular formula is C21H22ClN3OS. The molecule has 1 aliphatic carbocycles. The van der Waals surface area contributed by atoms with Crippen LogP contribution in [0.2, 0.25) is 5.02 Å². The summed E-state index contributed by atoms with van der Waals surface area (Å²) in [6, 6.07) is 9.66. The van der Waals surface area contributed by atoms with Crippen LogP contribution in [-0.2, 0) is 17.6 Å². The third-order valence-corrected chi connectivity index (χ3v) is 6.60. The fourth-order valence-electron chi connectivity index (χ4n) is 3.20. The normalized spacial score (nSPS) is 14.1. The molecule has 1 aliphatic rings. The van der Waals surface area contributed by atoms with E-state index in [1.165, 1.54) is 17.3 Å². The molecule has 1 atom stereocenters. The molecule has 1 unspecified atom stereocenters. The number of aryl methyl sites for hydroxylation is 2. The van der Waals surface area contributed by atoms with Crippen LogP contribution in [0.5, 0.6) is 0 Å². The Bertz CT molecular complexity index is 907. The first-order chi connectivity index (χ1) is 13.0. The summed E-state index contributed by atoms with van der Waals surface area (Å²) in [7, 11) is 0. The highest BCUT2D eigenvalue weighted by Gasteiger charge is 2.23. The van der Waals surface area contributed by atoms with E-state index in [9.17, 15) is 10.1 Å². The van der Waals surface area contributed by atoms with Gasteiger partial charge in [-0.2, -0.15) is 5.26 Å². The lowest BCUT2D eigenvalue weighted by atomic mass is 9.95. The van der Waals surface area contributed by atoms with E-state index in [-0.39, 0.29) is 11.2 Å². The van der Waals surface area contributed by atoms with E-state index in [4.69, 9.17) is 16.6 Å². The maximum absolute atomic E-state index is 12.8. The maximum Gasteiger partial charge on any atom is 0.237 e. The van der Waals surface area contributed by atoms with Crippen molar-refractivity contribution in [1.29, 1.82) is 5.26 Å². The van der Waals surface area contributed by atoms with Gasteiger partial charge in [-0.25, -0.2) is 4.98 Å². The highest BCUT2D eigenvalue weighted by molar-refractivity contribution is 8.00. The topological polar surface area (TPSA) is 65.8 Å². The van der Waals surface area contributed by atoms with Crippen LogP contribution in [0.3, 0.4) is 0 Å². The van der Waals surface area contributed by atoms with Crippen LogP contribution in [0.25, 0.3) is 0 Å². The van der Waals surface area contributed by atoms with Gasteiger partial charge in [0, 0.05) is 16.4 Å².